The minimum Gasteiger partial charge on any atom is -0.483 e. The molecule has 1 N–H and O–H groups in total. The maximum absolute atomic E-state index is 13.1. The number of ether oxygens (including phenoxy) is 2. The zero-order valence-corrected chi connectivity index (χ0v) is 17.9. The number of aromatic amines is 1. The first kappa shape index (κ1) is 21.1. The lowest BCUT2D eigenvalue weighted by Crippen LogP contribution is -2.40. The number of aryl methyl sites for hydroxylation is 2. The third kappa shape index (κ3) is 4.94. The Bertz CT molecular complexity index is 1110. The minimum absolute atomic E-state index is 0.0173. The first-order valence-corrected chi connectivity index (χ1v) is 10.6. The number of hydrogen-bond donors (Lipinski definition) is 1. The van der Waals surface area contributed by atoms with Gasteiger partial charge in [-0.2, -0.15) is 0 Å². The van der Waals surface area contributed by atoms with E-state index >= 15 is 0 Å². The predicted molar refractivity (Wildman–Crippen MR) is 118 cm³/mol. The summed E-state index contributed by atoms with van der Waals surface area (Å²) in [7, 11) is 0. The van der Waals surface area contributed by atoms with Gasteiger partial charge >= 0.3 is 0 Å². The fourth-order valence-electron chi connectivity index (χ4n) is 3.93. The summed E-state index contributed by atoms with van der Waals surface area (Å²) in [4.78, 5) is 34.6. The van der Waals surface area contributed by atoms with Crippen LogP contribution in [0.25, 0.3) is 10.9 Å². The number of rotatable bonds is 7. The van der Waals surface area contributed by atoms with Crippen molar-refractivity contribution >= 4 is 16.8 Å². The monoisotopic (exact) mass is 421 g/mol. The van der Waals surface area contributed by atoms with Gasteiger partial charge in [-0.05, 0) is 49.9 Å². The smallest absolute Gasteiger partial charge is 0.261 e. The first-order valence-electron chi connectivity index (χ1n) is 10.6. The van der Waals surface area contributed by atoms with Gasteiger partial charge in [-0.1, -0.05) is 30.3 Å². The second-order valence-corrected chi connectivity index (χ2v) is 7.95. The number of H-pyrrole nitrogens is 1. The maximum atomic E-state index is 13.1. The maximum Gasteiger partial charge on any atom is 0.261 e. The molecule has 31 heavy (non-hydrogen) atoms. The van der Waals surface area contributed by atoms with Gasteiger partial charge in [-0.15, -0.1) is 0 Å². The predicted octanol–water partition coefficient (Wildman–Crippen LogP) is 3.13. The van der Waals surface area contributed by atoms with Crippen LogP contribution in [0.5, 0.6) is 5.75 Å². The Balaban J connectivity index is 1.53. The number of carbonyl (C=O) groups is 1. The Labute approximate surface area is 181 Å². The lowest BCUT2D eigenvalue weighted by Gasteiger charge is -2.25. The number of aromatic nitrogens is 2. The van der Waals surface area contributed by atoms with Gasteiger partial charge in [-0.25, -0.2) is 4.98 Å². The van der Waals surface area contributed by atoms with E-state index in [1.807, 2.05) is 38.1 Å². The van der Waals surface area contributed by atoms with Crippen molar-refractivity contribution < 1.29 is 14.3 Å². The molecule has 1 aliphatic rings. The molecule has 1 aromatic heterocycles. The largest absolute Gasteiger partial charge is 0.483 e. The van der Waals surface area contributed by atoms with Gasteiger partial charge in [0.1, 0.15) is 11.6 Å². The highest BCUT2D eigenvalue weighted by Gasteiger charge is 2.24. The van der Waals surface area contributed by atoms with E-state index in [0.29, 0.717) is 29.9 Å². The molecule has 4 rings (SSSR count). The van der Waals surface area contributed by atoms with Crippen LogP contribution in [-0.4, -0.2) is 46.6 Å². The summed E-state index contributed by atoms with van der Waals surface area (Å²) in [5.74, 6) is 1.00. The van der Waals surface area contributed by atoms with Crippen molar-refractivity contribution in [2.45, 2.75) is 39.3 Å². The Morgan fingerprint density at radius 1 is 1.19 bits per heavy atom. The number of nitrogens with one attached hydrogen (secondary N) is 1. The highest BCUT2D eigenvalue weighted by atomic mass is 16.5. The standard InChI is InChI=1S/C24H27N3O4/c1-16-7-5-8-17(2)23(16)31-15-22(28)27(13-18-9-6-12-30-18)14-21-25-20-11-4-3-10-19(20)24(29)26-21/h3-5,7-8,10-11,18H,6,9,12-15H2,1-2H3,(H,25,26,29). The van der Waals surface area contributed by atoms with E-state index in [-0.39, 0.29) is 30.7 Å². The van der Waals surface area contributed by atoms with Crippen LogP contribution in [0.1, 0.15) is 29.8 Å². The zero-order chi connectivity index (χ0) is 21.8. The fraction of sp³-hybridized carbons (Fsp3) is 0.375. The SMILES string of the molecule is Cc1cccc(C)c1OCC(=O)N(Cc1nc2ccccc2c(=O)[nH]1)CC1CCCO1. The topological polar surface area (TPSA) is 84.5 Å². The van der Waals surface area contributed by atoms with Crippen LogP contribution < -0.4 is 10.3 Å². The molecule has 1 amide bonds. The lowest BCUT2D eigenvalue weighted by atomic mass is 10.1. The molecule has 3 aromatic rings. The summed E-state index contributed by atoms with van der Waals surface area (Å²) in [5.41, 5.74) is 2.37. The lowest BCUT2D eigenvalue weighted by molar-refractivity contribution is -0.135. The average Bonchev–Trinajstić information content (AvgIpc) is 3.26. The van der Waals surface area contributed by atoms with Gasteiger partial charge in [-0.3, -0.25) is 9.59 Å². The minimum atomic E-state index is -0.211. The van der Waals surface area contributed by atoms with Gasteiger partial charge in [0.15, 0.2) is 6.61 Å². The summed E-state index contributed by atoms with van der Waals surface area (Å²) in [5, 5.41) is 0.529. The summed E-state index contributed by atoms with van der Waals surface area (Å²) in [6, 6.07) is 13.1. The van der Waals surface area contributed by atoms with Gasteiger partial charge in [0.25, 0.3) is 11.5 Å². The van der Waals surface area contributed by atoms with Crippen molar-refractivity contribution in [2.24, 2.45) is 0 Å². The fourth-order valence-corrected chi connectivity index (χ4v) is 3.93. The number of fused-ring (bicyclic) bond motifs is 1. The molecule has 1 unspecified atom stereocenters. The van der Waals surface area contributed by atoms with Gasteiger partial charge < -0.3 is 19.4 Å². The normalized spacial score (nSPS) is 15.9. The van der Waals surface area contributed by atoms with Crippen molar-refractivity contribution in [3.05, 3.63) is 69.8 Å². The van der Waals surface area contributed by atoms with Crippen LogP contribution in [-0.2, 0) is 16.1 Å². The Morgan fingerprint density at radius 2 is 1.97 bits per heavy atom. The second kappa shape index (κ2) is 9.31. The van der Waals surface area contributed by atoms with Crippen molar-refractivity contribution in [1.82, 2.24) is 14.9 Å². The number of carbonyl (C=O) groups excluding carboxylic acids is 1. The molecule has 2 aromatic carbocycles. The van der Waals surface area contributed by atoms with Gasteiger partial charge in [0.05, 0.1) is 23.6 Å². The molecule has 1 atom stereocenters. The Kier molecular flexibility index (Phi) is 6.32. The quantitative estimate of drug-likeness (QED) is 0.634. The van der Waals surface area contributed by atoms with Gasteiger partial charge in [0, 0.05) is 13.2 Å². The molecule has 1 saturated heterocycles. The van der Waals surface area contributed by atoms with E-state index in [4.69, 9.17) is 9.47 Å². The molecule has 7 nitrogen and oxygen atoms in total. The molecule has 0 aliphatic carbocycles. The summed E-state index contributed by atoms with van der Waals surface area (Å²) >= 11 is 0. The van der Waals surface area contributed by atoms with E-state index in [1.165, 1.54) is 0 Å². The molecule has 162 valence electrons. The Morgan fingerprint density at radius 3 is 2.71 bits per heavy atom. The molecular formula is C24H27N3O4. The molecular weight excluding hydrogens is 394 g/mol. The molecule has 1 aliphatic heterocycles. The van der Waals surface area contributed by atoms with Crippen LogP contribution in [0.2, 0.25) is 0 Å². The van der Waals surface area contributed by atoms with Gasteiger partial charge in [0.2, 0.25) is 0 Å². The van der Waals surface area contributed by atoms with Crippen LogP contribution in [0.3, 0.4) is 0 Å². The number of para-hydroxylation sites is 2. The second-order valence-electron chi connectivity index (χ2n) is 7.95. The van der Waals surface area contributed by atoms with Crippen LogP contribution in [0.4, 0.5) is 0 Å². The van der Waals surface area contributed by atoms with Crippen molar-refractivity contribution in [3.63, 3.8) is 0 Å². The number of hydrogen-bond acceptors (Lipinski definition) is 5. The van der Waals surface area contributed by atoms with Crippen LogP contribution >= 0.6 is 0 Å². The van der Waals surface area contributed by atoms with E-state index < -0.39 is 0 Å². The third-order valence-electron chi connectivity index (χ3n) is 5.55. The van der Waals surface area contributed by atoms with E-state index in [9.17, 15) is 9.59 Å². The summed E-state index contributed by atoms with van der Waals surface area (Å²) in [6.07, 6.45) is 1.87. The summed E-state index contributed by atoms with van der Waals surface area (Å²) < 4.78 is 11.6. The number of amides is 1. The van der Waals surface area contributed by atoms with Crippen molar-refractivity contribution in [1.29, 1.82) is 0 Å². The molecule has 0 spiro atoms. The molecule has 0 bridgehead atoms. The van der Waals surface area contributed by atoms with E-state index in [2.05, 4.69) is 9.97 Å². The molecule has 2 heterocycles. The van der Waals surface area contributed by atoms with E-state index in [0.717, 1.165) is 29.7 Å². The Hall–Kier alpha value is -3.19. The highest BCUT2D eigenvalue weighted by Crippen LogP contribution is 2.22. The molecule has 0 saturated carbocycles. The molecule has 1 fully saturated rings. The van der Waals surface area contributed by atoms with Crippen molar-refractivity contribution in [2.75, 3.05) is 19.8 Å². The molecule has 0 radical (unpaired) electrons. The van der Waals surface area contributed by atoms with Crippen LogP contribution in [0, 0.1) is 13.8 Å². The van der Waals surface area contributed by atoms with Crippen molar-refractivity contribution in [3.8, 4) is 5.75 Å². The molecule has 7 heteroatoms. The van der Waals surface area contributed by atoms with E-state index in [1.54, 1.807) is 23.1 Å². The number of benzene rings is 2. The summed E-state index contributed by atoms with van der Waals surface area (Å²) in [6.45, 7) is 5.16. The van der Waals surface area contributed by atoms with Crippen LogP contribution in [0.15, 0.2) is 47.3 Å². The highest BCUT2D eigenvalue weighted by molar-refractivity contribution is 5.78. The number of nitrogens with zero attached hydrogens (tertiary/aromatic N) is 2. The third-order valence-corrected chi connectivity index (χ3v) is 5.55. The first-order chi connectivity index (χ1) is 15.0. The zero-order valence-electron chi connectivity index (χ0n) is 17.9. The average molecular weight is 421 g/mol.